The van der Waals surface area contributed by atoms with E-state index in [0.717, 1.165) is 0 Å². The maximum atomic E-state index is 2.79. The van der Waals surface area contributed by atoms with E-state index in [1.165, 1.54) is 11.1 Å². The molecule has 0 bridgehead atoms. The van der Waals surface area contributed by atoms with Crippen LogP contribution in [0.4, 0.5) is 0 Å². The van der Waals surface area contributed by atoms with Crippen LogP contribution in [-0.2, 0) is 17.1 Å². The molecule has 0 spiro atoms. The van der Waals surface area contributed by atoms with Gasteiger partial charge in [-0.05, 0) is 0 Å². The molecule has 0 nitrogen and oxygen atoms in total. The number of hydrogen-bond donors (Lipinski definition) is 0. The first kappa shape index (κ1) is 28.0. The molecule has 2 aliphatic carbocycles. The Morgan fingerprint density at radius 3 is 1.19 bits per heavy atom. The minimum atomic E-state index is -3.63. The van der Waals surface area contributed by atoms with E-state index in [0.29, 0.717) is 31.0 Å². The first-order valence-electron chi connectivity index (χ1n) is 14.3. The third kappa shape index (κ3) is 4.47. The van der Waals surface area contributed by atoms with E-state index in [9.17, 15) is 0 Å². The average Bonchev–Trinajstić information content (AvgIpc) is 3.27. The van der Waals surface area contributed by atoms with Crippen molar-refractivity contribution in [3.63, 3.8) is 0 Å². The second-order valence-electron chi connectivity index (χ2n) is 14.4. The summed E-state index contributed by atoms with van der Waals surface area (Å²) in [6, 6.07) is 10.2. The summed E-state index contributed by atoms with van der Waals surface area (Å²) in [6.45, 7) is 26.3. The van der Waals surface area contributed by atoms with Gasteiger partial charge in [-0.15, -0.1) is 0 Å². The van der Waals surface area contributed by atoms with Gasteiger partial charge in [-0.3, -0.25) is 0 Å². The van der Waals surface area contributed by atoms with Crippen LogP contribution in [0.15, 0.2) is 35.4 Å². The van der Waals surface area contributed by atoms with Gasteiger partial charge in [-0.1, -0.05) is 0 Å². The zero-order chi connectivity index (χ0) is 26.9. The van der Waals surface area contributed by atoms with E-state index >= 15 is 0 Å². The monoisotopic (exact) mass is 666 g/mol. The molecular weight excluding hydrogens is 615 g/mol. The van der Waals surface area contributed by atoms with Crippen LogP contribution in [0.25, 0.3) is 12.2 Å². The molecule has 2 aromatic carbocycles. The summed E-state index contributed by atoms with van der Waals surface area (Å²) in [4.78, 5) is 0. The number of benzene rings is 2. The second kappa shape index (κ2) is 9.33. The van der Waals surface area contributed by atoms with Gasteiger partial charge in [-0.25, -0.2) is 0 Å². The molecule has 194 valence electrons. The summed E-state index contributed by atoms with van der Waals surface area (Å²) in [7, 11) is 0. The van der Waals surface area contributed by atoms with Crippen LogP contribution in [0.5, 0.6) is 0 Å². The molecule has 36 heavy (non-hydrogen) atoms. The van der Waals surface area contributed by atoms with Crippen LogP contribution in [0, 0.1) is 0 Å². The van der Waals surface area contributed by atoms with E-state index in [1.807, 2.05) is 0 Å². The van der Waals surface area contributed by atoms with Crippen molar-refractivity contribution in [3.05, 3.63) is 79.9 Å². The van der Waals surface area contributed by atoms with Gasteiger partial charge in [0.15, 0.2) is 0 Å². The van der Waals surface area contributed by atoms with Crippen molar-refractivity contribution in [1.82, 2.24) is 0 Å². The Labute approximate surface area is 224 Å². The van der Waals surface area contributed by atoms with Crippen molar-refractivity contribution >= 4 is 19.1 Å². The van der Waals surface area contributed by atoms with Crippen molar-refractivity contribution in [3.8, 4) is 0 Å². The summed E-state index contributed by atoms with van der Waals surface area (Å²) >= 11 is -3.63. The maximum absolute atomic E-state index is 3.63. The van der Waals surface area contributed by atoms with Crippen molar-refractivity contribution in [1.29, 1.82) is 0 Å². The van der Waals surface area contributed by atoms with E-state index in [4.69, 9.17) is 0 Å². The summed E-state index contributed by atoms with van der Waals surface area (Å²) in [5, 5.41) is 0. The quantitative estimate of drug-likeness (QED) is 0.270. The van der Waals surface area contributed by atoms with Gasteiger partial charge in [-0.2, -0.15) is 0 Å². The molecular formula is C34H50HfSi. The number of fused-ring (bicyclic) bond motifs is 2. The average molecular weight is 665 g/mol. The van der Waals surface area contributed by atoms with Crippen LogP contribution in [0.2, 0.25) is 9.36 Å². The van der Waals surface area contributed by atoms with Crippen LogP contribution >= 0.6 is 0 Å². The molecule has 2 unspecified atom stereocenters. The van der Waals surface area contributed by atoms with Crippen molar-refractivity contribution in [2.45, 2.75) is 110 Å². The molecule has 0 saturated heterocycles. The van der Waals surface area contributed by atoms with Gasteiger partial charge >= 0.3 is 226 Å². The topological polar surface area (TPSA) is 0 Å². The SMILES string of the molecule is CC1=Cc2c(C(C)C)cc(C(C)C)cc2[CH]1[Hf]([CH3])([CH3])(=[SiH2])[CH]1C(C)=Cc2c(C(C)C)cc(C(C)C)cc21. The normalized spacial score (nSPS) is 19.9. The molecule has 0 amide bonds. The van der Waals surface area contributed by atoms with Crippen molar-refractivity contribution in [2.75, 3.05) is 0 Å². The van der Waals surface area contributed by atoms with Crippen LogP contribution in [0.3, 0.4) is 0 Å². The standard InChI is InChI=1S/2C16H21.2CH3.Hf.H2Si/c2*1-10(2)13-8-14-6-12(5)7-16(14)15(9-13)11(3)4;;;;/h2*6-11H,1-5H3;2*1H3;;1H2. The Kier molecular flexibility index (Phi) is 7.27. The third-order valence-corrected chi connectivity index (χ3v) is 35.1. The molecule has 0 fully saturated rings. The fraction of sp³-hybridized carbons (Fsp3) is 0.529. The van der Waals surface area contributed by atoms with Crippen LogP contribution in [-0.4, -0.2) is 6.94 Å². The van der Waals surface area contributed by atoms with Gasteiger partial charge in [0.05, 0.1) is 0 Å². The van der Waals surface area contributed by atoms with Crippen LogP contribution in [0.1, 0.15) is 145 Å². The molecule has 2 atom stereocenters. The zero-order valence-corrected chi connectivity index (χ0v) is 30.1. The Morgan fingerprint density at radius 2 is 0.917 bits per heavy atom. The van der Waals surface area contributed by atoms with Gasteiger partial charge < -0.3 is 0 Å². The van der Waals surface area contributed by atoms with E-state index in [2.05, 4.69) is 122 Å². The number of allylic oxidation sites excluding steroid dienone is 2. The molecule has 0 radical (unpaired) electrons. The zero-order valence-electron chi connectivity index (χ0n) is 25.1. The predicted octanol–water partition coefficient (Wildman–Crippen LogP) is 10.1. The summed E-state index contributed by atoms with van der Waals surface area (Å²) in [5.74, 6) is 2.21. The second-order valence-corrected chi connectivity index (χ2v) is 57.9. The molecule has 0 aromatic heterocycles. The van der Waals surface area contributed by atoms with E-state index in [-0.39, 0.29) is 0 Å². The number of hydrogen-bond acceptors (Lipinski definition) is 0. The molecule has 0 heterocycles. The van der Waals surface area contributed by atoms with Gasteiger partial charge in [0.2, 0.25) is 0 Å². The predicted molar refractivity (Wildman–Crippen MR) is 162 cm³/mol. The van der Waals surface area contributed by atoms with Gasteiger partial charge in [0.1, 0.15) is 0 Å². The molecule has 2 aliphatic rings. The Hall–Kier alpha value is -0.993. The van der Waals surface area contributed by atoms with Crippen LogP contribution < -0.4 is 0 Å². The van der Waals surface area contributed by atoms with Crippen molar-refractivity contribution < 1.29 is 17.1 Å². The molecule has 0 N–H and O–H groups in total. The summed E-state index contributed by atoms with van der Waals surface area (Å²) in [5.41, 5.74) is 15.8. The first-order valence-corrected chi connectivity index (χ1v) is 34.0. The third-order valence-electron chi connectivity index (χ3n) is 9.28. The fourth-order valence-electron chi connectivity index (χ4n) is 7.68. The van der Waals surface area contributed by atoms with Gasteiger partial charge in [0.25, 0.3) is 0 Å². The summed E-state index contributed by atoms with van der Waals surface area (Å²) < 4.78 is 6.79. The Balaban J connectivity index is 1.99. The molecule has 4 rings (SSSR count). The fourth-order valence-corrected chi connectivity index (χ4v) is 38.1. The van der Waals surface area contributed by atoms with E-state index < -0.39 is 17.1 Å². The minimum absolute atomic E-state index is 0.547. The van der Waals surface area contributed by atoms with E-state index in [1.54, 1.807) is 44.5 Å². The molecule has 2 aromatic rings. The molecule has 0 aliphatic heterocycles. The first-order chi connectivity index (χ1) is 16.5. The Morgan fingerprint density at radius 1 is 0.583 bits per heavy atom. The molecule has 2 heteroatoms. The van der Waals surface area contributed by atoms with Gasteiger partial charge in [0, 0.05) is 0 Å². The summed E-state index contributed by atoms with van der Waals surface area (Å²) in [6.07, 6.45) is 5.16. The number of rotatable bonds is 6. The molecule has 0 saturated carbocycles. The van der Waals surface area contributed by atoms with Crippen molar-refractivity contribution in [2.24, 2.45) is 0 Å². The Bertz CT molecular complexity index is 1240.